The monoisotopic (exact) mass is 478 g/mol. The molecule has 2 aromatic rings. The molecular formula is C21H16Cl2N2O7. The third-order valence-corrected chi connectivity index (χ3v) is 4.74. The molecule has 0 aromatic heterocycles. The number of imide groups is 2. The Morgan fingerprint density at radius 3 is 2.28 bits per heavy atom. The molecular weight excluding hydrogens is 463 g/mol. The lowest BCUT2D eigenvalue weighted by Gasteiger charge is -2.26. The van der Waals surface area contributed by atoms with E-state index in [4.69, 9.17) is 37.8 Å². The Morgan fingerprint density at radius 2 is 1.72 bits per heavy atom. The van der Waals surface area contributed by atoms with Crippen molar-refractivity contribution in [2.24, 2.45) is 0 Å². The molecule has 2 aromatic carbocycles. The first-order valence-corrected chi connectivity index (χ1v) is 9.94. The second kappa shape index (κ2) is 9.71. The van der Waals surface area contributed by atoms with Crippen LogP contribution in [0.25, 0.3) is 6.08 Å². The van der Waals surface area contributed by atoms with Gasteiger partial charge in [0.15, 0.2) is 12.4 Å². The SMILES string of the molecule is CCOc1ccc(N2C(=O)NC(=O)C(=Cc3cc(Cl)c(OCC(=O)O)c(Cl)c3)C2=O)cc1. The van der Waals surface area contributed by atoms with E-state index < -0.39 is 30.4 Å². The molecule has 4 amide bonds. The normalized spacial score (nSPS) is 15.0. The summed E-state index contributed by atoms with van der Waals surface area (Å²) < 4.78 is 10.4. The molecule has 9 nitrogen and oxygen atoms in total. The molecule has 1 fully saturated rings. The van der Waals surface area contributed by atoms with E-state index in [0.29, 0.717) is 12.4 Å². The quantitative estimate of drug-likeness (QED) is 0.460. The van der Waals surface area contributed by atoms with Crippen LogP contribution in [0.3, 0.4) is 0 Å². The van der Waals surface area contributed by atoms with Crippen LogP contribution in [-0.4, -0.2) is 42.1 Å². The van der Waals surface area contributed by atoms with Crippen molar-refractivity contribution in [3.63, 3.8) is 0 Å². The van der Waals surface area contributed by atoms with Gasteiger partial charge in [0.2, 0.25) is 0 Å². The summed E-state index contributed by atoms with van der Waals surface area (Å²) in [6.07, 6.45) is 1.21. The molecule has 1 aliphatic rings. The van der Waals surface area contributed by atoms with E-state index in [1.54, 1.807) is 12.1 Å². The van der Waals surface area contributed by atoms with Crippen LogP contribution in [0.5, 0.6) is 11.5 Å². The van der Waals surface area contributed by atoms with Crippen molar-refractivity contribution in [1.29, 1.82) is 0 Å². The summed E-state index contributed by atoms with van der Waals surface area (Å²) in [6, 6.07) is 8.00. The van der Waals surface area contributed by atoms with Gasteiger partial charge in [0.25, 0.3) is 11.8 Å². The molecule has 0 bridgehead atoms. The number of urea groups is 1. The fraction of sp³-hybridized carbons (Fsp3) is 0.143. The maximum absolute atomic E-state index is 13.0. The summed E-state index contributed by atoms with van der Waals surface area (Å²) >= 11 is 12.2. The van der Waals surface area contributed by atoms with Crippen LogP contribution in [-0.2, 0) is 14.4 Å². The van der Waals surface area contributed by atoms with E-state index >= 15 is 0 Å². The molecule has 3 rings (SSSR count). The zero-order valence-corrected chi connectivity index (χ0v) is 18.1. The second-order valence-electron chi connectivity index (χ2n) is 6.38. The zero-order chi connectivity index (χ0) is 23.4. The van der Waals surface area contributed by atoms with Crippen LogP contribution in [0.4, 0.5) is 10.5 Å². The first kappa shape index (κ1) is 23.1. The Balaban J connectivity index is 1.93. The number of nitrogens with zero attached hydrogens (tertiary/aromatic N) is 1. The number of hydrogen-bond donors (Lipinski definition) is 2. The molecule has 1 saturated heterocycles. The lowest BCUT2D eigenvalue weighted by atomic mass is 10.1. The first-order valence-electron chi connectivity index (χ1n) is 9.19. The molecule has 166 valence electrons. The number of carbonyl (C=O) groups excluding carboxylic acids is 3. The molecule has 1 aliphatic heterocycles. The number of nitrogens with one attached hydrogen (secondary N) is 1. The Hall–Kier alpha value is -3.56. The molecule has 0 aliphatic carbocycles. The van der Waals surface area contributed by atoms with Crippen LogP contribution in [0.1, 0.15) is 12.5 Å². The van der Waals surface area contributed by atoms with E-state index in [-0.39, 0.29) is 32.6 Å². The highest BCUT2D eigenvalue weighted by atomic mass is 35.5. The predicted octanol–water partition coefficient (Wildman–Crippen LogP) is 3.52. The molecule has 0 spiro atoms. The van der Waals surface area contributed by atoms with Crippen LogP contribution >= 0.6 is 23.2 Å². The van der Waals surface area contributed by atoms with Gasteiger partial charge in [-0.2, -0.15) is 0 Å². The highest BCUT2D eigenvalue weighted by molar-refractivity contribution is 6.40. The largest absolute Gasteiger partial charge is 0.494 e. The Labute approximate surface area is 192 Å². The molecule has 1 heterocycles. The number of carboxylic acids is 1. The number of halogens is 2. The molecule has 0 radical (unpaired) electrons. The molecule has 0 saturated carbocycles. The zero-order valence-electron chi connectivity index (χ0n) is 16.6. The Kier molecular flexibility index (Phi) is 7.01. The third kappa shape index (κ3) is 5.01. The van der Waals surface area contributed by atoms with Gasteiger partial charge in [-0.25, -0.2) is 14.5 Å². The minimum Gasteiger partial charge on any atom is -0.494 e. The van der Waals surface area contributed by atoms with E-state index in [1.165, 1.54) is 30.3 Å². The van der Waals surface area contributed by atoms with E-state index in [9.17, 15) is 19.2 Å². The lowest BCUT2D eigenvalue weighted by molar-refractivity contribution is -0.139. The Morgan fingerprint density at radius 1 is 1.09 bits per heavy atom. The van der Waals surface area contributed by atoms with Crippen molar-refractivity contribution in [2.75, 3.05) is 18.1 Å². The van der Waals surface area contributed by atoms with Crippen molar-refractivity contribution < 1.29 is 33.8 Å². The van der Waals surface area contributed by atoms with Crippen molar-refractivity contribution in [1.82, 2.24) is 5.32 Å². The maximum Gasteiger partial charge on any atom is 0.341 e. The number of hydrogen-bond acceptors (Lipinski definition) is 6. The molecule has 0 atom stereocenters. The minimum atomic E-state index is -1.22. The fourth-order valence-electron chi connectivity index (χ4n) is 2.85. The second-order valence-corrected chi connectivity index (χ2v) is 7.20. The first-order chi connectivity index (χ1) is 15.2. The highest BCUT2D eigenvalue weighted by Crippen LogP contribution is 2.35. The topological polar surface area (TPSA) is 122 Å². The molecule has 11 heteroatoms. The number of carboxylic acid groups (broad SMARTS) is 1. The van der Waals surface area contributed by atoms with Crippen molar-refractivity contribution in [3.8, 4) is 11.5 Å². The summed E-state index contributed by atoms with van der Waals surface area (Å²) in [7, 11) is 0. The van der Waals surface area contributed by atoms with Crippen molar-refractivity contribution in [3.05, 3.63) is 57.6 Å². The summed E-state index contributed by atoms with van der Waals surface area (Å²) in [5.74, 6) is -2.44. The fourth-order valence-corrected chi connectivity index (χ4v) is 3.46. The number of rotatable bonds is 7. The standard InChI is InChI=1S/C21H16Cl2N2O7/c1-2-31-13-5-3-12(4-6-13)25-20(29)14(19(28)24-21(25)30)7-11-8-15(22)18(16(23)9-11)32-10-17(26)27/h3-9H,2,10H2,1H3,(H,26,27)(H,24,28,30). The van der Waals surface area contributed by atoms with Gasteiger partial charge in [0.05, 0.1) is 22.3 Å². The van der Waals surface area contributed by atoms with Crippen molar-refractivity contribution >= 4 is 58.8 Å². The number of amides is 4. The van der Waals surface area contributed by atoms with Crippen LogP contribution in [0.15, 0.2) is 42.0 Å². The highest BCUT2D eigenvalue weighted by Gasteiger charge is 2.36. The van der Waals surface area contributed by atoms with Gasteiger partial charge in [-0.1, -0.05) is 23.2 Å². The number of aliphatic carboxylic acids is 1. The minimum absolute atomic E-state index is 0.0197. The Bertz CT molecular complexity index is 1110. The van der Waals surface area contributed by atoms with E-state index in [2.05, 4.69) is 5.32 Å². The summed E-state index contributed by atoms with van der Waals surface area (Å²) in [5.41, 5.74) is 0.176. The van der Waals surface area contributed by atoms with Crippen LogP contribution in [0, 0.1) is 0 Å². The number of benzene rings is 2. The van der Waals surface area contributed by atoms with Crippen LogP contribution < -0.4 is 19.7 Å². The molecule has 0 unspecified atom stereocenters. The van der Waals surface area contributed by atoms with Gasteiger partial charge in [-0.05, 0) is 55.0 Å². The number of ether oxygens (including phenoxy) is 2. The maximum atomic E-state index is 13.0. The molecule has 32 heavy (non-hydrogen) atoms. The van der Waals surface area contributed by atoms with E-state index in [1.807, 2.05) is 6.92 Å². The van der Waals surface area contributed by atoms with Gasteiger partial charge in [0, 0.05) is 0 Å². The van der Waals surface area contributed by atoms with E-state index in [0.717, 1.165) is 4.90 Å². The van der Waals surface area contributed by atoms with Gasteiger partial charge >= 0.3 is 12.0 Å². The van der Waals surface area contributed by atoms with Crippen LogP contribution in [0.2, 0.25) is 10.0 Å². The van der Waals surface area contributed by atoms with Crippen molar-refractivity contribution in [2.45, 2.75) is 6.92 Å². The van der Waals surface area contributed by atoms with Gasteiger partial charge in [0.1, 0.15) is 11.3 Å². The van der Waals surface area contributed by atoms with Gasteiger partial charge < -0.3 is 14.6 Å². The summed E-state index contributed by atoms with van der Waals surface area (Å²) in [5, 5.41) is 10.8. The summed E-state index contributed by atoms with van der Waals surface area (Å²) in [4.78, 5) is 49.1. The van der Waals surface area contributed by atoms with Gasteiger partial charge in [-0.15, -0.1) is 0 Å². The average molecular weight is 479 g/mol. The number of carbonyl (C=O) groups is 4. The number of anilines is 1. The predicted molar refractivity (Wildman–Crippen MR) is 116 cm³/mol. The molecule has 2 N–H and O–H groups in total. The third-order valence-electron chi connectivity index (χ3n) is 4.18. The summed E-state index contributed by atoms with van der Waals surface area (Å²) in [6.45, 7) is 1.62. The smallest absolute Gasteiger partial charge is 0.341 e. The van der Waals surface area contributed by atoms with Gasteiger partial charge in [-0.3, -0.25) is 14.9 Å². The number of barbiturate groups is 1. The average Bonchev–Trinajstić information content (AvgIpc) is 2.71. The lowest BCUT2D eigenvalue weighted by Crippen LogP contribution is -2.54.